The lowest BCUT2D eigenvalue weighted by molar-refractivity contribution is 0.669. The van der Waals surface area contributed by atoms with Gasteiger partial charge in [0.1, 0.15) is 11.2 Å². The van der Waals surface area contributed by atoms with Gasteiger partial charge in [0, 0.05) is 27.7 Å². The van der Waals surface area contributed by atoms with Crippen molar-refractivity contribution in [1.82, 2.24) is 0 Å². The summed E-state index contributed by atoms with van der Waals surface area (Å²) in [5, 5.41) is 7.08. The third-order valence-electron chi connectivity index (χ3n) is 9.03. The van der Waals surface area contributed by atoms with Crippen LogP contribution in [0.15, 0.2) is 180 Å². The molecule has 9 rings (SSSR count). The van der Waals surface area contributed by atoms with E-state index < -0.39 is 0 Å². The van der Waals surface area contributed by atoms with E-state index in [0.717, 1.165) is 44.4 Å². The fraction of sp³-hybridized carbons (Fsp3) is 0. The van der Waals surface area contributed by atoms with Crippen LogP contribution in [0.1, 0.15) is 0 Å². The Labute approximate surface area is 267 Å². The van der Waals surface area contributed by atoms with Crippen molar-refractivity contribution in [1.29, 1.82) is 0 Å². The summed E-state index contributed by atoms with van der Waals surface area (Å²) in [6, 6.07) is 62.8. The number of para-hydroxylation sites is 2. The molecule has 0 aliphatic heterocycles. The molecule has 0 aliphatic rings. The normalized spacial score (nSPS) is 11.5. The zero-order valence-corrected chi connectivity index (χ0v) is 25.1. The van der Waals surface area contributed by atoms with E-state index in [1.165, 1.54) is 38.4 Å². The molecule has 0 fully saturated rings. The number of nitrogens with zero attached hydrogens (tertiary/aromatic N) is 1. The smallest absolute Gasteiger partial charge is 0.136 e. The van der Waals surface area contributed by atoms with Crippen molar-refractivity contribution in [2.75, 3.05) is 4.90 Å². The Morgan fingerprint density at radius 3 is 1.91 bits per heavy atom. The van der Waals surface area contributed by atoms with Crippen molar-refractivity contribution in [3.8, 4) is 22.3 Å². The fourth-order valence-corrected chi connectivity index (χ4v) is 6.81. The number of benzene rings is 8. The van der Waals surface area contributed by atoms with Gasteiger partial charge in [0.15, 0.2) is 0 Å². The van der Waals surface area contributed by atoms with Crippen LogP contribution in [0.2, 0.25) is 0 Å². The molecule has 0 unspecified atom stereocenters. The van der Waals surface area contributed by atoms with Crippen LogP contribution in [-0.4, -0.2) is 0 Å². The van der Waals surface area contributed by atoms with Crippen molar-refractivity contribution < 1.29 is 4.42 Å². The summed E-state index contributed by atoms with van der Waals surface area (Å²) in [7, 11) is 0. The first-order valence-corrected chi connectivity index (χ1v) is 15.7. The molecule has 2 nitrogen and oxygen atoms in total. The lowest BCUT2D eigenvalue weighted by Crippen LogP contribution is -2.11. The van der Waals surface area contributed by atoms with Crippen molar-refractivity contribution in [2.24, 2.45) is 0 Å². The Hall–Kier alpha value is -6.12. The average molecular weight is 588 g/mol. The average Bonchev–Trinajstić information content (AvgIpc) is 3.49. The van der Waals surface area contributed by atoms with Crippen molar-refractivity contribution >= 4 is 60.5 Å². The van der Waals surface area contributed by atoms with E-state index in [4.69, 9.17) is 4.42 Å². The van der Waals surface area contributed by atoms with Crippen LogP contribution in [0.25, 0.3) is 65.7 Å². The second kappa shape index (κ2) is 10.8. The first kappa shape index (κ1) is 26.3. The van der Waals surface area contributed by atoms with E-state index in [0.29, 0.717) is 0 Å². The van der Waals surface area contributed by atoms with Crippen LogP contribution in [0, 0.1) is 0 Å². The lowest BCUT2D eigenvalue weighted by Gasteiger charge is -2.28. The topological polar surface area (TPSA) is 16.4 Å². The van der Waals surface area contributed by atoms with E-state index in [1.54, 1.807) is 0 Å². The molecule has 0 spiro atoms. The van der Waals surface area contributed by atoms with Gasteiger partial charge in [-0.1, -0.05) is 127 Å². The first-order chi connectivity index (χ1) is 22.8. The maximum atomic E-state index is 6.29. The molecule has 0 N–H and O–H groups in total. The number of hydrogen-bond donors (Lipinski definition) is 0. The van der Waals surface area contributed by atoms with Gasteiger partial charge in [0.25, 0.3) is 0 Å². The highest BCUT2D eigenvalue weighted by Crippen LogP contribution is 2.44. The maximum absolute atomic E-state index is 6.29. The highest BCUT2D eigenvalue weighted by Gasteiger charge is 2.19. The van der Waals surface area contributed by atoms with E-state index in [9.17, 15) is 0 Å². The van der Waals surface area contributed by atoms with E-state index >= 15 is 0 Å². The van der Waals surface area contributed by atoms with Crippen LogP contribution in [0.4, 0.5) is 17.1 Å². The molecule has 0 atom stereocenters. The fourth-order valence-electron chi connectivity index (χ4n) is 6.81. The van der Waals surface area contributed by atoms with E-state index in [2.05, 4.69) is 169 Å². The second-order valence-corrected chi connectivity index (χ2v) is 11.8. The Kier molecular flexibility index (Phi) is 6.17. The molecule has 0 radical (unpaired) electrons. The van der Waals surface area contributed by atoms with Gasteiger partial charge in [0.05, 0.1) is 5.69 Å². The standard InChI is InChI=1S/C44H29NO/c1-2-11-30(12-3-1)31-21-24-35(25-22-31)45(42-19-8-6-16-39(42)38-18-10-14-32-13-4-5-15-37(32)38)36-26-23-33-28-41-40-17-7-9-20-43(40)46-44(41)29-34(33)27-36/h1-29H. The highest BCUT2D eigenvalue weighted by atomic mass is 16.3. The summed E-state index contributed by atoms with van der Waals surface area (Å²) in [5.74, 6) is 0. The molecule has 9 aromatic rings. The minimum absolute atomic E-state index is 0.903. The summed E-state index contributed by atoms with van der Waals surface area (Å²) in [6.45, 7) is 0. The van der Waals surface area contributed by atoms with Gasteiger partial charge >= 0.3 is 0 Å². The SMILES string of the molecule is c1ccc(-c2ccc(N(c3ccc4cc5c(cc4c3)oc3ccccc35)c3ccccc3-c3cccc4ccccc34)cc2)cc1. The van der Waals surface area contributed by atoms with Gasteiger partial charge in [-0.3, -0.25) is 0 Å². The van der Waals surface area contributed by atoms with Crippen LogP contribution < -0.4 is 4.90 Å². The Bertz CT molecular complexity index is 2520. The molecule has 216 valence electrons. The molecule has 1 heterocycles. The quantitative estimate of drug-likeness (QED) is 0.199. The van der Waals surface area contributed by atoms with Gasteiger partial charge in [-0.05, 0) is 86.8 Å². The van der Waals surface area contributed by atoms with Crippen molar-refractivity contribution in [2.45, 2.75) is 0 Å². The van der Waals surface area contributed by atoms with Crippen LogP contribution in [0.3, 0.4) is 0 Å². The molecule has 0 amide bonds. The van der Waals surface area contributed by atoms with Gasteiger partial charge in [0.2, 0.25) is 0 Å². The highest BCUT2D eigenvalue weighted by molar-refractivity contribution is 6.10. The predicted octanol–water partition coefficient (Wildman–Crippen LogP) is 12.7. The largest absolute Gasteiger partial charge is 0.456 e. The Morgan fingerprint density at radius 1 is 0.348 bits per heavy atom. The van der Waals surface area contributed by atoms with Gasteiger partial charge in [-0.2, -0.15) is 0 Å². The Morgan fingerprint density at radius 2 is 1.02 bits per heavy atom. The van der Waals surface area contributed by atoms with E-state index in [1.807, 2.05) is 12.1 Å². The molecule has 0 saturated heterocycles. The molecular weight excluding hydrogens is 558 g/mol. The molecular formula is C44H29NO. The maximum Gasteiger partial charge on any atom is 0.136 e. The van der Waals surface area contributed by atoms with E-state index in [-0.39, 0.29) is 0 Å². The summed E-state index contributed by atoms with van der Waals surface area (Å²) < 4.78 is 6.29. The molecule has 0 saturated carbocycles. The number of furan rings is 1. The summed E-state index contributed by atoms with van der Waals surface area (Å²) in [5.41, 5.74) is 9.91. The van der Waals surface area contributed by atoms with Crippen LogP contribution in [0.5, 0.6) is 0 Å². The Balaban J connectivity index is 1.25. The van der Waals surface area contributed by atoms with Crippen molar-refractivity contribution in [3.63, 3.8) is 0 Å². The zero-order valence-electron chi connectivity index (χ0n) is 25.1. The minimum atomic E-state index is 0.903. The first-order valence-electron chi connectivity index (χ1n) is 15.7. The third kappa shape index (κ3) is 4.43. The number of fused-ring (bicyclic) bond motifs is 5. The summed E-state index contributed by atoms with van der Waals surface area (Å²) in [6.07, 6.45) is 0. The number of rotatable bonds is 5. The van der Waals surface area contributed by atoms with Crippen molar-refractivity contribution in [3.05, 3.63) is 176 Å². The lowest BCUT2D eigenvalue weighted by atomic mass is 9.96. The minimum Gasteiger partial charge on any atom is -0.456 e. The molecule has 0 bridgehead atoms. The zero-order chi connectivity index (χ0) is 30.5. The van der Waals surface area contributed by atoms with Gasteiger partial charge < -0.3 is 9.32 Å². The van der Waals surface area contributed by atoms with Crippen LogP contribution in [-0.2, 0) is 0 Å². The monoisotopic (exact) mass is 587 g/mol. The molecule has 1 aromatic heterocycles. The third-order valence-corrected chi connectivity index (χ3v) is 9.03. The van der Waals surface area contributed by atoms with Gasteiger partial charge in [-0.25, -0.2) is 0 Å². The predicted molar refractivity (Wildman–Crippen MR) is 194 cm³/mol. The molecule has 8 aromatic carbocycles. The van der Waals surface area contributed by atoms with Gasteiger partial charge in [-0.15, -0.1) is 0 Å². The summed E-state index contributed by atoms with van der Waals surface area (Å²) in [4.78, 5) is 2.38. The number of anilines is 3. The second-order valence-electron chi connectivity index (χ2n) is 11.8. The van der Waals surface area contributed by atoms with Crippen LogP contribution >= 0.6 is 0 Å². The summed E-state index contributed by atoms with van der Waals surface area (Å²) >= 11 is 0. The number of hydrogen-bond acceptors (Lipinski definition) is 2. The molecule has 0 aliphatic carbocycles. The molecule has 46 heavy (non-hydrogen) atoms. The molecule has 2 heteroatoms.